The first-order valence-corrected chi connectivity index (χ1v) is 9.93. The van der Waals surface area contributed by atoms with Crippen molar-refractivity contribution in [1.29, 1.82) is 0 Å². The molecule has 2 aromatic rings. The number of rotatable bonds is 6. The second-order valence-corrected chi connectivity index (χ2v) is 7.78. The molecule has 0 aliphatic heterocycles. The second-order valence-electron chi connectivity index (χ2n) is 7.78. The van der Waals surface area contributed by atoms with Crippen LogP contribution in [0.5, 0.6) is 0 Å². The molecule has 0 saturated heterocycles. The van der Waals surface area contributed by atoms with Gasteiger partial charge in [-0.15, -0.1) is 0 Å². The largest absolute Gasteiger partial charge is 0.330 e. The number of aromatic nitrogens is 2. The van der Waals surface area contributed by atoms with Crippen LogP contribution >= 0.6 is 0 Å². The Bertz CT molecular complexity index is 739. The molecule has 1 aromatic heterocycles. The Hall–Kier alpha value is -2.10. The summed E-state index contributed by atoms with van der Waals surface area (Å²) in [6.07, 6.45) is 4.64. The molecule has 1 fully saturated rings. The van der Waals surface area contributed by atoms with Crippen LogP contribution in [0.25, 0.3) is 0 Å². The van der Waals surface area contributed by atoms with Crippen LogP contribution in [-0.2, 0) is 13.1 Å². The fraction of sp³-hybridized carbons (Fsp3) is 0.545. The summed E-state index contributed by atoms with van der Waals surface area (Å²) >= 11 is 0. The standard InChI is InChI=1S/C22H31N3O/c1-5-25-21(14-20(23-25)16(2)3)22(26)24(19-8-6-7-9-19)15-18-12-10-17(4)11-13-18/h10-14,16,19H,5-9,15H2,1-4H3. The molecule has 1 heterocycles. The fourth-order valence-electron chi connectivity index (χ4n) is 3.75. The highest BCUT2D eigenvalue weighted by molar-refractivity contribution is 5.93. The SMILES string of the molecule is CCn1nc(C(C)C)cc1C(=O)N(Cc1ccc(C)cc1)C1CCCC1. The van der Waals surface area contributed by atoms with Gasteiger partial charge in [0.15, 0.2) is 0 Å². The number of aryl methyl sites for hydroxylation is 2. The minimum Gasteiger partial charge on any atom is -0.330 e. The van der Waals surface area contributed by atoms with Crippen molar-refractivity contribution in [2.45, 2.75) is 78.4 Å². The van der Waals surface area contributed by atoms with E-state index < -0.39 is 0 Å². The molecule has 0 atom stereocenters. The molecule has 0 radical (unpaired) electrons. The van der Waals surface area contributed by atoms with Crippen molar-refractivity contribution in [2.75, 3.05) is 0 Å². The van der Waals surface area contributed by atoms with Crippen LogP contribution in [0, 0.1) is 6.92 Å². The van der Waals surface area contributed by atoms with Crippen LogP contribution in [0.15, 0.2) is 30.3 Å². The summed E-state index contributed by atoms with van der Waals surface area (Å²) in [4.78, 5) is 15.6. The molecule has 0 unspecified atom stereocenters. The highest BCUT2D eigenvalue weighted by atomic mass is 16.2. The van der Waals surface area contributed by atoms with Gasteiger partial charge in [-0.1, -0.05) is 56.5 Å². The van der Waals surface area contributed by atoms with Gasteiger partial charge in [0, 0.05) is 19.1 Å². The molecule has 26 heavy (non-hydrogen) atoms. The van der Waals surface area contributed by atoms with Gasteiger partial charge in [-0.25, -0.2) is 0 Å². The monoisotopic (exact) mass is 353 g/mol. The summed E-state index contributed by atoms with van der Waals surface area (Å²) in [5.41, 5.74) is 4.17. The van der Waals surface area contributed by atoms with E-state index in [0.717, 1.165) is 30.8 Å². The lowest BCUT2D eigenvalue weighted by atomic mass is 10.1. The Morgan fingerprint density at radius 2 is 1.88 bits per heavy atom. The lowest BCUT2D eigenvalue weighted by Gasteiger charge is -2.29. The molecule has 1 aliphatic carbocycles. The Kier molecular flexibility index (Phi) is 5.80. The zero-order valence-corrected chi connectivity index (χ0v) is 16.5. The van der Waals surface area contributed by atoms with E-state index in [1.807, 2.05) is 17.7 Å². The quantitative estimate of drug-likeness (QED) is 0.739. The van der Waals surface area contributed by atoms with Gasteiger partial charge < -0.3 is 4.90 Å². The maximum Gasteiger partial charge on any atom is 0.272 e. The van der Waals surface area contributed by atoms with Crippen molar-refractivity contribution in [3.63, 3.8) is 0 Å². The summed E-state index contributed by atoms with van der Waals surface area (Å²) in [5.74, 6) is 0.449. The van der Waals surface area contributed by atoms with Crippen molar-refractivity contribution in [3.05, 3.63) is 52.8 Å². The number of hydrogen-bond acceptors (Lipinski definition) is 2. The van der Waals surface area contributed by atoms with Crippen LogP contribution < -0.4 is 0 Å². The fourth-order valence-corrected chi connectivity index (χ4v) is 3.75. The Balaban J connectivity index is 1.90. The summed E-state index contributed by atoms with van der Waals surface area (Å²) in [6, 6.07) is 10.9. The predicted molar refractivity (Wildman–Crippen MR) is 105 cm³/mol. The molecule has 0 spiro atoms. The predicted octanol–water partition coefficient (Wildman–Crippen LogP) is 4.92. The molecule has 1 saturated carbocycles. The number of benzene rings is 1. The molecule has 4 nitrogen and oxygen atoms in total. The molecule has 1 aliphatic rings. The first-order valence-electron chi connectivity index (χ1n) is 9.93. The number of carbonyl (C=O) groups is 1. The lowest BCUT2D eigenvalue weighted by Crippen LogP contribution is -2.39. The summed E-state index contributed by atoms with van der Waals surface area (Å²) in [6.45, 7) is 9.78. The van der Waals surface area contributed by atoms with Gasteiger partial charge in [-0.2, -0.15) is 5.10 Å². The molecule has 4 heteroatoms. The Morgan fingerprint density at radius 3 is 2.46 bits per heavy atom. The second kappa shape index (κ2) is 8.07. The van der Waals surface area contributed by atoms with Gasteiger partial charge in [0.25, 0.3) is 5.91 Å². The van der Waals surface area contributed by atoms with Gasteiger partial charge >= 0.3 is 0 Å². The summed E-state index contributed by atoms with van der Waals surface area (Å²) < 4.78 is 1.87. The summed E-state index contributed by atoms with van der Waals surface area (Å²) in [7, 11) is 0. The van der Waals surface area contributed by atoms with Crippen LogP contribution in [0.4, 0.5) is 0 Å². The topological polar surface area (TPSA) is 38.1 Å². The molecule has 140 valence electrons. The zero-order valence-electron chi connectivity index (χ0n) is 16.5. The smallest absolute Gasteiger partial charge is 0.272 e. The van der Waals surface area contributed by atoms with E-state index in [4.69, 9.17) is 0 Å². The molecule has 1 amide bonds. The van der Waals surface area contributed by atoms with Crippen molar-refractivity contribution in [1.82, 2.24) is 14.7 Å². The van der Waals surface area contributed by atoms with E-state index in [-0.39, 0.29) is 5.91 Å². The minimum absolute atomic E-state index is 0.124. The molecular weight excluding hydrogens is 322 g/mol. The van der Waals surface area contributed by atoms with Crippen LogP contribution in [0.3, 0.4) is 0 Å². The minimum atomic E-state index is 0.124. The van der Waals surface area contributed by atoms with Crippen molar-refractivity contribution in [2.24, 2.45) is 0 Å². The van der Waals surface area contributed by atoms with Gasteiger partial charge in [-0.3, -0.25) is 9.48 Å². The third-order valence-electron chi connectivity index (χ3n) is 5.41. The van der Waals surface area contributed by atoms with Crippen molar-refractivity contribution < 1.29 is 4.79 Å². The number of nitrogens with zero attached hydrogens (tertiary/aromatic N) is 3. The molecule has 0 N–H and O–H groups in total. The Morgan fingerprint density at radius 1 is 1.23 bits per heavy atom. The van der Waals surface area contributed by atoms with E-state index >= 15 is 0 Å². The maximum atomic E-state index is 13.5. The van der Waals surface area contributed by atoms with Crippen LogP contribution in [-0.4, -0.2) is 26.6 Å². The lowest BCUT2D eigenvalue weighted by molar-refractivity contribution is 0.0651. The van der Waals surface area contributed by atoms with Crippen molar-refractivity contribution >= 4 is 5.91 Å². The maximum absolute atomic E-state index is 13.5. The zero-order chi connectivity index (χ0) is 18.7. The van der Waals surface area contributed by atoms with Gasteiger partial charge in [0.2, 0.25) is 0 Å². The first-order chi connectivity index (χ1) is 12.5. The van der Waals surface area contributed by atoms with E-state index in [1.54, 1.807) is 0 Å². The van der Waals surface area contributed by atoms with Gasteiger partial charge in [0.1, 0.15) is 5.69 Å². The molecule has 0 bridgehead atoms. The average Bonchev–Trinajstić information content (AvgIpc) is 3.30. The highest BCUT2D eigenvalue weighted by Gasteiger charge is 2.30. The highest BCUT2D eigenvalue weighted by Crippen LogP contribution is 2.27. The van der Waals surface area contributed by atoms with E-state index in [2.05, 4.69) is 55.0 Å². The molecule has 1 aromatic carbocycles. The van der Waals surface area contributed by atoms with E-state index in [1.165, 1.54) is 24.0 Å². The van der Waals surface area contributed by atoms with Gasteiger partial charge in [0.05, 0.1) is 5.69 Å². The van der Waals surface area contributed by atoms with E-state index in [0.29, 0.717) is 18.5 Å². The molecule has 3 rings (SSSR count). The normalized spacial score (nSPS) is 15.0. The van der Waals surface area contributed by atoms with Crippen LogP contribution in [0.1, 0.15) is 79.7 Å². The first kappa shape index (κ1) is 18.7. The number of amides is 1. The van der Waals surface area contributed by atoms with Crippen LogP contribution in [0.2, 0.25) is 0 Å². The average molecular weight is 354 g/mol. The number of hydrogen-bond donors (Lipinski definition) is 0. The molecular formula is C22H31N3O. The van der Waals surface area contributed by atoms with E-state index in [9.17, 15) is 4.79 Å². The Labute approximate surface area is 157 Å². The third kappa shape index (κ3) is 4.00. The van der Waals surface area contributed by atoms with Crippen molar-refractivity contribution in [3.8, 4) is 0 Å². The third-order valence-corrected chi connectivity index (χ3v) is 5.41. The summed E-state index contributed by atoms with van der Waals surface area (Å²) in [5, 5.41) is 4.65. The van der Waals surface area contributed by atoms with Gasteiger partial charge in [-0.05, 0) is 44.2 Å². The number of carbonyl (C=O) groups excluding carboxylic acids is 1.